The van der Waals surface area contributed by atoms with Gasteiger partial charge in [0.05, 0.1) is 31.5 Å². The van der Waals surface area contributed by atoms with Crippen LogP contribution in [0.15, 0.2) is 64.9 Å². The third kappa shape index (κ3) is 7.05. The fourth-order valence-corrected chi connectivity index (χ4v) is 5.08. The summed E-state index contributed by atoms with van der Waals surface area (Å²) < 4.78 is 19.8. The molecular formula is C30H34IN5O6. The van der Waals surface area contributed by atoms with E-state index < -0.39 is 24.3 Å². The summed E-state index contributed by atoms with van der Waals surface area (Å²) in [5, 5.41) is 20.0. The van der Waals surface area contributed by atoms with E-state index in [1.165, 1.54) is 10.7 Å². The normalized spacial score (nSPS) is 15.7. The fourth-order valence-electron chi connectivity index (χ4n) is 4.72. The van der Waals surface area contributed by atoms with E-state index in [9.17, 15) is 14.7 Å². The molecule has 2 heterocycles. The number of carbonyl (C=O) groups is 2. The molecule has 0 saturated carbocycles. The third-order valence-electron chi connectivity index (χ3n) is 6.65. The van der Waals surface area contributed by atoms with Crippen molar-refractivity contribution in [3.05, 3.63) is 85.9 Å². The molecule has 222 valence electrons. The van der Waals surface area contributed by atoms with Crippen LogP contribution in [0.1, 0.15) is 42.4 Å². The van der Waals surface area contributed by atoms with Gasteiger partial charge in [-0.2, -0.15) is 5.10 Å². The van der Waals surface area contributed by atoms with Crippen LogP contribution < -0.4 is 25.5 Å². The maximum absolute atomic E-state index is 12.4. The molecule has 0 spiro atoms. The van der Waals surface area contributed by atoms with Gasteiger partial charge in [-0.15, -0.1) is 0 Å². The first-order valence-corrected chi connectivity index (χ1v) is 14.4. The van der Waals surface area contributed by atoms with Gasteiger partial charge in [-0.3, -0.25) is 5.43 Å². The molecule has 2 aromatic carbocycles. The van der Waals surface area contributed by atoms with Gasteiger partial charge in [0.15, 0.2) is 17.7 Å². The Balaban J connectivity index is 1.43. The van der Waals surface area contributed by atoms with Crippen LogP contribution in [0.25, 0.3) is 5.69 Å². The molecular weight excluding hydrogens is 653 g/mol. The van der Waals surface area contributed by atoms with Gasteiger partial charge >= 0.3 is 12.0 Å². The second-order valence-corrected chi connectivity index (χ2v) is 10.8. The van der Waals surface area contributed by atoms with Crippen molar-refractivity contribution in [2.75, 3.05) is 20.3 Å². The zero-order chi connectivity index (χ0) is 30.4. The van der Waals surface area contributed by atoms with Gasteiger partial charge in [-0.25, -0.2) is 9.59 Å². The molecule has 2 atom stereocenters. The van der Waals surface area contributed by atoms with Crippen LogP contribution in [0.2, 0.25) is 0 Å². The molecule has 1 aliphatic rings. The Hall–Kier alpha value is -4.04. The van der Waals surface area contributed by atoms with Crippen molar-refractivity contribution >= 4 is 40.8 Å². The third-order valence-corrected chi connectivity index (χ3v) is 7.37. The maximum Gasteiger partial charge on any atom is 0.337 e. The minimum absolute atomic E-state index is 0.116. The summed E-state index contributed by atoms with van der Waals surface area (Å²) >= 11 is 2.28. The number of ether oxygens (including phenoxy) is 3. The Morgan fingerprint density at radius 3 is 2.57 bits per heavy atom. The molecule has 4 N–H and O–H groups in total. The second-order valence-electron chi connectivity index (χ2n) is 9.55. The van der Waals surface area contributed by atoms with Crippen molar-refractivity contribution in [2.45, 2.75) is 40.0 Å². The van der Waals surface area contributed by atoms with Crippen LogP contribution in [-0.2, 0) is 9.53 Å². The van der Waals surface area contributed by atoms with Gasteiger partial charge in [0.25, 0.3) is 0 Å². The van der Waals surface area contributed by atoms with E-state index >= 15 is 0 Å². The molecule has 0 radical (unpaired) electrons. The lowest BCUT2D eigenvalue weighted by Gasteiger charge is -2.28. The molecule has 11 nitrogen and oxygen atoms in total. The number of aryl methyl sites for hydroxylation is 1. The van der Waals surface area contributed by atoms with Crippen molar-refractivity contribution in [1.29, 1.82) is 0 Å². The number of hydrogen-bond acceptors (Lipinski definition) is 8. The molecule has 0 aliphatic carbocycles. The van der Waals surface area contributed by atoms with Crippen molar-refractivity contribution in [1.82, 2.24) is 20.6 Å². The average Bonchev–Trinajstić information content (AvgIpc) is 3.24. The lowest BCUT2D eigenvalue weighted by molar-refractivity contribution is -0.136. The average molecular weight is 688 g/mol. The number of aromatic nitrogens is 1. The number of aliphatic hydroxyl groups excluding tert-OH is 1. The van der Waals surface area contributed by atoms with Crippen LogP contribution >= 0.6 is 22.6 Å². The monoisotopic (exact) mass is 687 g/mol. The lowest BCUT2D eigenvalue weighted by atomic mass is 9.95. The SMILES string of the molecule is CCOc1cc([C@H]2NC(=O)NC(C)=C2C(=O)OC)ccc1OC[C@@H](O)N/N=C/c1cc(C)n(-c2ccc(I)cc2)c1C. The van der Waals surface area contributed by atoms with E-state index in [-0.39, 0.29) is 12.2 Å². The zero-order valence-electron chi connectivity index (χ0n) is 24.0. The number of amides is 2. The molecule has 0 fully saturated rings. The number of allylic oxidation sites excluding steroid dienone is 1. The molecule has 2 amide bonds. The first kappa shape index (κ1) is 30.9. The Labute approximate surface area is 258 Å². The topological polar surface area (TPSA) is 135 Å². The number of urea groups is 1. The number of esters is 1. The minimum atomic E-state index is -1.10. The summed E-state index contributed by atoms with van der Waals surface area (Å²) in [5.74, 6) is 0.213. The van der Waals surface area contributed by atoms with Gasteiger partial charge in [0.2, 0.25) is 0 Å². The Morgan fingerprint density at radius 1 is 1.14 bits per heavy atom. The summed E-state index contributed by atoms with van der Waals surface area (Å²) in [6.07, 6.45) is 0.562. The van der Waals surface area contributed by atoms with Crippen molar-refractivity contribution in [3.8, 4) is 17.2 Å². The number of rotatable bonds is 11. The van der Waals surface area contributed by atoms with Crippen LogP contribution in [-0.4, -0.2) is 54.4 Å². The predicted octanol–water partition coefficient (Wildman–Crippen LogP) is 4.22. The summed E-state index contributed by atoms with van der Waals surface area (Å²) in [7, 11) is 1.28. The smallest absolute Gasteiger partial charge is 0.337 e. The van der Waals surface area contributed by atoms with Crippen LogP contribution in [0, 0.1) is 17.4 Å². The highest BCUT2D eigenvalue weighted by Gasteiger charge is 2.32. The summed E-state index contributed by atoms with van der Waals surface area (Å²) in [5.41, 5.74) is 8.06. The predicted molar refractivity (Wildman–Crippen MR) is 167 cm³/mol. The molecule has 1 aliphatic heterocycles. The number of methoxy groups -OCH3 is 1. The van der Waals surface area contributed by atoms with Crippen LogP contribution in [0.3, 0.4) is 0 Å². The molecule has 42 heavy (non-hydrogen) atoms. The molecule has 0 unspecified atom stereocenters. The number of nitrogens with zero attached hydrogens (tertiary/aromatic N) is 2. The Bertz CT molecular complexity index is 1520. The highest BCUT2D eigenvalue weighted by molar-refractivity contribution is 14.1. The molecule has 4 rings (SSSR count). The van der Waals surface area contributed by atoms with Gasteiger partial charge in [-0.1, -0.05) is 6.07 Å². The lowest BCUT2D eigenvalue weighted by Crippen LogP contribution is -2.45. The maximum atomic E-state index is 12.4. The van der Waals surface area contributed by atoms with Crippen molar-refractivity contribution in [3.63, 3.8) is 0 Å². The van der Waals surface area contributed by atoms with Gasteiger partial charge < -0.3 is 34.5 Å². The number of carbonyl (C=O) groups excluding carboxylic acids is 2. The Morgan fingerprint density at radius 2 is 1.88 bits per heavy atom. The van der Waals surface area contributed by atoms with E-state index in [2.05, 4.69) is 72.6 Å². The molecule has 3 aromatic rings. The largest absolute Gasteiger partial charge is 0.490 e. The highest BCUT2D eigenvalue weighted by Crippen LogP contribution is 2.35. The van der Waals surface area contributed by atoms with Crippen molar-refractivity contribution in [2.24, 2.45) is 5.10 Å². The Kier molecular flexibility index (Phi) is 10.1. The van der Waals surface area contributed by atoms with E-state index in [4.69, 9.17) is 14.2 Å². The van der Waals surface area contributed by atoms with Crippen LogP contribution in [0.5, 0.6) is 11.5 Å². The number of nitrogens with one attached hydrogen (secondary N) is 3. The summed E-state index contributed by atoms with van der Waals surface area (Å²) in [4.78, 5) is 24.6. The zero-order valence-corrected chi connectivity index (χ0v) is 26.2. The van der Waals surface area contributed by atoms with E-state index in [1.54, 1.807) is 31.3 Å². The number of hydrogen-bond donors (Lipinski definition) is 4. The van der Waals surface area contributed by atoms with Gasteiger partial charge in [-0.05, 0) is 98.3 Å². The van der Waals surface area contributed by atoms with Gasteiger partial charge in [0.1, 0.15) is 6.61 Å². The van der Waals surface area contributed by atoms with E-state index in [0.717, 1.165) is 22.6 Å². The fraction of sp³-hybridized carbons (Fsp3) is 0.300. The van der Waals surface area contributed by atoms with E-state index in [0.29, 0.717) is 29.4 Å². The van der Waals surface area contributed by atoms with Gasteiger partial charge in [0, 0.05) is 31.9 Å². The first-order valence-electron chi connectivity index (χ1n) is 13.3. The second kappa shape index (κ2) is 13.7. The summed E-state index contributed by atoms with van der Waals surface area (Å²) in [6.45, 7) is 7.75. The van der Waals surface area contributed by atoms with E-state index in [1.807, 2.05) is 26.8 Å². The first-order chi connectivity index (χ1) is 20.1. The molecule has 1 aromatic heterocycles. The number of aliphatic hydroxyl groups is 1. The molecule has 0 saturated heterocycles. The standard InChI is InChI=1S/C30H34IN5O6/c1-6-41-25-14-20(28-27(29(38)40-5)18(3)33-30(39)34-28)7-12-24(25)42-16-26(37)35-32-15-21-13-17(2)36(19(21)4)23-10-8-22(31)9-11-23/h7-15,26,28,35,37H,6,16H2,1-5H3,(H2,33,34,39)/b32-15+/t26-,28-/m1/s1. The quantitative estimate of drug-likeness (QED) is 0.0780. The number of benzene rings is 2. The molecule has 12 heteroatoms. The van der Waals surface area contributed by atoms with Crippen molar-refractivity contribution < 1.29 is 28.9 Å². The summed E-state index contributed by atoms with van der Waals surface area (Å²) in [6, 6.07) is 14.2. The highest BCUT2D eigenvalue weighted by atomic mass is 127. The van der Waals surface area contributed by atoms with Crippen LogP contribution in [0.4, 0.5) is 4.79 Å². The molecule has 0 bridgehead atoms. The number of hydrazone groups is 1. The minimum Gasteiger partial charge on any atom is -0.490 e. The number of halogens is 1.